The van der Waals surface area contributed by atoms with Crippen LogP contribution >= 0.6 is 0 Å². The van der Waals surface area contributed by atoms with E-state index in [0.29, 0.717) is 18.4 Å². The second kappa shape index (κ2) is 5.94. The zero-order chi connectivity index (χ0) is 14.7. The van der Waals surface area contributed by atoms with E-state index in [-0.39, 0.29) is 12.0 Å². The highest BCUT2D eigenvalue weighted by Gasteiger charge is 2.26. The molecule has 20 heavy (non-hydrogen) atoms. The molecule has 0 heterocycles. The maximum absolute atomic E-state index is 11.4. The van der Waals surface area contributed by atoms with E-state index >= 15 is 0 Å². The summed E-state index contributed by atoms with van der Waals surface area (Å²) in [5.74, 6) is -1.40. The second-order valence-corrected chi connectivity index (χ2v) is 5.44. The van der Waals surface area contributed by atoms with Crippen molar-refractivity contribution >= 4 is 17.6 Å². The van der Waals surface area contributed by atoms with Crippen molar-refractivity contribution < 1.29 is 14.7 Å². The number of amides is 1. The Bertz CT molecular complexity index is 520. The van der Waals surface area contributed by atoms with Gasteiger partial charge in [0, 0.05) is 11.7 Å². The summed E-state index contributed by atoms with van der Waals surface area (Å²) in [6.45, 7) is 1.96. The lowest BCUT2D eigenvalue weighted by atomic mass is 9.86. The van der Waals surface area contributed by atoms with Gasteiger partial charge in [-0.05, 0) is 50.3 Å². The fraction of sp³-hybridized carbons (Fsp3) is 0.467. The lowest BCUT2D eigenvalue weighted by Crippen LogP contribution is -2.30. The summed E-state index contributed by atoms with van der Waals surface area (Å²) in [6, 6.07) is 5.68. The molecule has 2 rings (SSSR count). The molecule has 5 nitrogen and oxygen atoms in total. The first kappa shape index (κ1) is 14.4. The van der Waals surface area contributed by atoms with Gasteiger partial charge in [0.25, 0.3) is 5.91 Å². The summed E-state index contributed by atoms with van der Waals surface area (Å²) >= 11 is 0. The molecular formula is C15H20N2O3. The third-order valence-electron chi connectivity index (χ3n) is 3.88. The first-order valence-electron chi connectivity index (χ1n) is 6.87. The predicted molar refractivity (Wildman–Crippen MR) is 76.7 cm³/mol. The van der Waals surface area contributed by atoms with Crippen LogP contribution in [-0.2, 0) is 4.79 Å². The summed E-state index contributed by atoms with van der Waals surface area (Å²) in [5.41, 5.74) is 7.66. The van der Waals surface area contributed by atoms with E-state index in [2.05, 4.69) is 5.32 Å². The Kier molecular flexibility index (Phi) is 4.27. The van der Waals surface area contributed by atoms with E-state index in [4.69, 9.17) is 10.8 Å². The van der Waals surface area contributed by atoms with Gasteiger partial charge in [0.1, 0.15) is 0 Å². The zero-order valence-electron chi connectivity index (χ0n) is 11.6. The maximum Gasteiger partial charge on any atom is 0.306 e. The van der Waals surface area contributed by atoms with Gasteiger partial charge in [-0.15, -0.1) is 0 Å². The van der Waals surface area contributed by atoms with Gasteiger partial charge < -0.3 is 16.2 Å². The Morgan fingerprint density at radius 1 is 1.25 bits per heavy atom. The highest BCUT2D eigenvalue weighted by molar-refractivity contribution is 5.98. The molecule has 5 heteroatoms. The van der Waals surface area contributed by atoms with Crippen LogP contribution < -0.4 is 11.1 Å². The molecule has 1 fully saturated rings. The molecule has 0 aromatic heterocycles. The quantitative estimate of drug-likeness (QED) is 0.785. The predicted octanol–water partition coefficient (Wildman–Crippen LogP) is 2.15. The number of benzene rings is 1. The van der Waals surface area contributed by atoms with Crippen molar-refractivity contribution in [2.24, 2.45) is 11.7 Å². The highest BCUT2D eigenvalue weighted by Crippen LogP contribution is 2.28. The number of rotatable bonds is 4. The molecule has 0 radical (unpaired) electrons. The molecule has 1 amide bonds. The summed E-state index contributed by atoms with van der Waals surface area (Å²) < 4.78 is 0. The smallest absolute Gasteiger partial charge is 0.306 e. The van der Waals surface area contributed by atoms with Gasteiger partial charge in [-0.3, -0.25) is 9.59 Å². The average molecular weight is 276 g/mol. The van der Waals surface area contributed by atoms with Crippen LogP contribution in [0.25, 0.3) is 0 Å². The third-order valence-corrected chi connectivity index (χ3v) is 3.88. The average Bonchev–Trinajstić information content (AvgIpc) is 2.39. The van der Waals surface area contributed by atoms with Gasteiger partial charge in [0.15, 0.2) is 0 Å². The van der Waals surface area contributed by atoms with Crippen LogP contribution in [0.15, 0.2) is 18.2 Å². The first-order chi connectivity index (χ1) is 9.47. The normalized spacial score (nSPS) is 22.2. The van der Waals surface area contributed by atoms with Crippen LogP contribution in [0, 0.1) is 12.8 Å². The Morgan fingerprint density at radius 3 is 2.45 bits per heavy atom. The van der Waals surface area contributed by atoms with E-state index < -0.39 is 11.9 Å². The molecule has 0 spiro atoms. The molecule has 1 aromatic carbocycles. The molecule has 108 valence electrons. The van der Waals surface area contributed by atoms with Gasteiger partial charge >= 0.3 is 5.97 Å². The SMILES string of the molecule is Cc1ccc(C(N)=O)c(NC2CCC(C(=O)O)CC2)c1. The molecule has 0 unspecified atom stereocenters. The van der Waals surface area contributed by atoms with E-state index in [1.54, 1.807) is 6.07 Å². The monoisotopic (exact) mass is 276 g/mol. The minimum atomic E-state index is -0.711. The van der Waals surface area contributed by atoms with Crippen LogP contribution in [0.2, 0.25) is 0 Å². The Hall–Kier alpha value is -2.04. The summed E-state index contributed by atoms with van der Waals surface area (Å²) in [4.78, 5) is 22.3. The number of carboxylic acid groups (broad SMARTS) is 1. The number of carbonyl (C=O) groups is 2. The van der Waals surface area contributed by atoms with E-state index in [0.717, 1.165) is 24.1 Å². The van der Waals surface area contributed by atoms with Crippen molar-refractivity contribution in [3.8, 4) is 0 Å². The van der Waals surface area contributed by atoms with Crippen LogP contribution in [0.5, 0.6) is 0 Å². The number of carbonyl (C=O) groups excluding carboxylic acids is 1. The van der Waals surface area contributed by atoms with Crippen LogP contribution in [0.3, 0.4) is 0 Å². The highest BCUT2D eigenvalue weighted by atomic mass is 16.4. The van der Waals surface area contributed by atoms with Gasteiger partial charge in [-0.2, -0.15) is 0 Å². The minimum absolute atomic E-state index is 0.200. The summed E-state index contributed by atoms with van der Waals surface area (Å²) in [6.07, 6.45) is 2.93. The molecule has 0 bridgehead atoms. The fourth-order valence-corrected chi connectivity index (χ4v) is 2.70. The lowest BCUT2D eigenvalue weighted by Gasteiger charge is -2.28. The van der Waals surface area contributed by atoms with Crippen molar-refractivity contribution in [1.29, 1.82) is 0 Å². The topological polar surface area (TPSA) is 92.4 Å². The van der Waals surface area contributed by atoms with Gasteiger partial charge in [0.2, 0.25) is 0 Å². The Balaban J connectivity index is 2.06. The fourth-order valence-electron chi connectivity index (χ4n) is 2.70. The van der Waals surface area contributed by atoms with Crippen LogP contribution in [0.4, 0.5) is 5.69 Å². The number of anilines is 1. The van der Waals surface area contributed by atoms with Crippen molar-refractivity contribution in [2.75, 3.05) is 5.32 Å². The lowest BCUT2D eigenvalue weighted by molar-refractivity contribution is -0.142. The number of hydrogen-bond acceptors (Lipinski definition) is 3. The number of hydrogen-bond donors (Lipinski definition) is 3. The van der Waals surface area contributed by atoms with Crippen molar-refractivity contribution in [2.45, 2.75) is 38.6 Å². The summed E-state index contributed by atoms with van der Waals surface area (Å²) in [5, 5.41) is 12.3. The molecule has 0 atom stereocenters. The number of aliphatic carboxylic acids is 1. The van der Waals surface area contributed by atoms with E-state index in [1.807, 2.05) is 19.1 Å². The van der Waals surface area contributed by atoms with Gasteiger partial charge in [-0.25, -0.2) is 0 Å². The van der Waals surface area contributed by atoms with Gasteiger partial charge in [0.05, 0.1) is 11.5 Å². The largest absolute Gasteiger partial charge is 0.481 e. The molecule has 0 saturated heterocycles. The number of nitrogens with two attached hydrogens (primary N) is 1. The van der Waals surface area contributed by atoms with Crippen LogP contribution in [-0.4, -0.2) is 23.0 Å². The third kappa shape index (κ3) is 3.29. The molecule has 1 aromatic rings. The van der Waals surface area contributed by atoms with E-state index in [9.17, 15) is 9.59 Å². The Labute approximate surface area is 118 Å². The Morgan fingerprint density at radius 2 is 1.90 bits per heavy atom. The molecule has 1 saturated carbocycles. The van der Waals surface area contributed by atoms with Crippen molar-refractivity contribution in [3.63, 3.8) is 0 Å². The molecule has 1 aliphatic rings. The number of nitrogens with one attached hydrogen (secondary N) is 1. The molecule has 1 aliphatic carbocycles. The van der Waals surface area contributed by atoms with E-state index in [1.165, 1.54) is 0 Å². The second-order valence-electron chi connectivity index (χ2n) is 5.44. The number of aryl methyl sites for hydroxylation is 1. The maximum atomic E-state index is 11.4. The first-order valence-corrected chi connectivity index (χ1v) is 6.87. The minimum Gasteiger partial charge on any atom is -0.481 e. The van der Waals surface area contributed by atoms with Crippen LogP contribution in [0.1, 0.15) is 41.6 Å². The standard InChI is InChI=1S/C15H20N2O3/c1-9-2-7-12(14(16)18)13(8-9)17-11-5-3-10(4-6-11)15(19)20/h2,7-8,10-11,17H,3-6H2,1H3,(H2,16,18)(H,19,20). The number of primary amides is 1. The summed E-state index contributed by atoms with van der Waals surface area (Å²) in [7, 11) is 0. The number of carboxylic acids is 1. The van der Waals surface area contributed by atoms with Crippen molar-refractivity contribution in [1.82, 2.24) is 0 Å². The molecule has 0 aliphatic heterocycles. The van der Waals surface area contributed by atoms with Crippen molar-refractivity contribution in [3.05, 3.63) is 29.3 Å². The zero-order valence-corrected chi connectivity index (χ0v) is 11.6. The van der Waals surface area contributed by atoms with Gasteiger partial charge in [-0.1, -0.05) is 6.07 Å². The molecule has 4 N–H and O–H groups in total. The molecular weight excluding hydrogens is 256 g/mol.